The van der Waals surface area contributed by atoms with Crippen LogP contribution in [0.25, 0.3) is 0 Å². The molecule has 0 amide bonds. The molecule has 1 aliphatic rings. The second kappa shape index (κ2) is 4.86. The van der Waals surface area contributed by atoms with Crippen molar-refractivity contribution in [3.05, 3.63) is 17.3 Å². The molecule has 1 saturated carbocycles. The van der Waals surface area contributed by atoms with Crippen LogP contribution in [-0.4, -0.2) is 11.0 Å². The predicted molar refractivity (Wildman–Crippen MR) is 82.5 cm³/mol. The van der Waals surface area contributed by atoms with E-state index >= 15 is 0 Å². The Bertz CT molecular complexity index is 452. The SMILES string of the molecule is CC1(C)CC(Nc2ncc(N)cc2Cl)CC(C)(C)C1. The number of hydrogen-bond donors (Lipinski definition) is 2. The van der Waals surface area contributed by atoms with Gasteiger partial charge in [-0.15, -0.1) is 0 Å². The highest BCUT2D eigenvalue weighted by Crippen LogP contribution is 2.46. The zero-order valence-electron chi connectivity index (χ0n) is 12.3. The number of anilines is 2. The van der Waals surface area contributed by atoms with E-state index in [0.29, 0.717) is 27.6 Å². The smallest absolute Gasteiger partial charge is 0.145 e. The number of nitrogens with one attached hydrogen (secondary N) is 1. The van der Waals surface area contributed by atoms with Crippen LogP contribution in [0, 0.1) is 10.8 Å². The van der Waals surface area contributed by atoms with Crippen molar-refractivity contribution in [3.63, 3.8) is 0 Å². The summed E-state index contributed by atoms with van der Waals surface area (Å²) in [5.74, 6) is 0.745. The summed E-state index contributed by atoms with van der Waals surface area (Å²) in [6.07, 6.45) is 5.17. The van der Waals surface area contributed by atoms with Crippen molar-refractivity contribution in [2.24, 2.45) is 10.8 Å². The van der Waals surface area contributed by atoms with Gasteiger partial charge in [-0.3, -0.25) is 0 Å². The minimum absolute atomic E-state index is 0.347. The van der Waals surface area contributed by atoms with Crippen molar-refractivity contribution >= 4 is 23.1 Å². The van der Waals surface area contributed by atoms with Crippen molar-refractivity contribution in [1.29, 1.82) is 0 Å². The summed E-state index contributed by atoms with van der Waals surface area (Å²) in [7, 11) is 0. The van der Waals surface area contributed by atoms with Crippen LogP contribution in [0.4, 0.5) is 11.5 Å². The van der Waals surface area contributed by atoms with Crippen LogP contribution in [0.3, 0.4) is 0 Å². The largest absolute Gasteiger partial charge is 0.397 e. The van der Waals surface area contributed by atoms with E-state index in [1.165, 1.54) is 6.42 Å². The molecule has 4 heteroatoms. The highest BCUT2D eigenvalue weighted by Gasteiger charge is 2.38. The van der Waals surface area contributed by atoms with Crippen LogP contribution in [0.15, 0.2) is 12.3 Å². The number of halogens is 1. The topological polar surface area (TPSA) is 50.9 Å². The summed E-state index contributed by atoms with van der Waals surface area (Å²) in [5, 5.41) is 4.09. The molecule has 0 saturated heterocycles. The second-order valence-corrected chi connectivity index (χ2v) is 7.76. The maximum absolute atomic E-state index is 6.19. The lowest BCUT2D eigenvalue weighted by Gasteiger charge is -2.45. The van der Waals surface area contributed by atoms with Crippen LogP contribution in [0.5, 0.6) is 0 Å². The number of nitrogens with zero attached hydrogens (tertiary/aromatic N) is 1. The van der Waals surface area contributed by atoms with E-state index in [0.717, 1.165) is 18.7 Å². The van der Waals surface area contributed by atoms with Crippen LogP contribution in [0.1, 0.15) is 47.0 Å². The summed E-state index contributed by atoms with van der Waals surface area (Å²) in [6, 6.07) is 2.16. The zero-order valence-corrected chi connectivity index (χ0v) is 13.0. The highest BCUT2D eigenvalue weighted by molar-refractivity contribution is 6.33. The summed E-state index contributed by atoms with van der Waals surface area (Å²) >= 11 is 6.19. The van der Waals surface area contributed by atoms with Gasteiger partial charge in [0.15, 0.2) is 0 Å². The average Bonchev–Trinajstić information content (AvgIpc) is 2.17. The highest BCUT2D eigenvalue weighted by atomic mass is 35.5. The molecule has 0 aromatic carbocycles. The Morgan fingerprint density at radius 1 is 1.26 bits per heavy atom. The summed E-state index contributed by atoms with van der Waals surface area (Å²) in [5.41, 5.74) is 6.96. The van der Waals surface area contributed by atoms with Gasteiger partial charge in [-0.05, 0) is 36.2 Å². The fourth-order valence-corrected chi connectivity index (χ4v) is 3.93. The molecule has 106 valence electrons. The molecule has 1 fully saturated rings. The van der Waals surface area contributed by atoms with Gasteiger partial charge in [-0.2, -0.15) is 0 Å². The van der Waals surface area contributed by atoms with Gasteiger partial charge >= 0.3 is 0 Å². The number of rotatable bonds is 2. The second-order valence-electron chi connectivity index (χ2n) is 7.35. The molecule has 0 atom stereocenters. The van der Waals surface area contributed by atoms with Gasteiger partial charge in [-0.25, -0.2) is 4.98 Å². The quantitative estimate of drug-likeness (QED) is 0.848. The van der Waals surface area contributed by atoms with Gasteiger partial charge in [-0.1, -0.05) is 39.3 Å². The fourth-order valence-electron chi connectivity index (χ4n) is 3.70. The van der Waals surface area contributed by atoms with Crippen LogP contribution >= 0.6 is 11.6 Å². The summed E-state index contributed by atoms with van der Waals surface area (Å²) in [6.45, 7) is 9.34. The van der Waals surface area contributed by atoms with Crippen LogP contribution in [-0.2, 0) is 0 Å². The molecule has 0 bridgehead atoms. The van der Waals surface area contributed by atoms with E-state index in [1.54, 1.807) is 12.3 Å². The molecule has 1 aromatic heterocycles. The first kappa shape index (κ1) is 14.4. The standard InChI is InChI=1S/C15H24ClN3/c1-14(2)6-11(7-15(3,4)9-14)19-13-12(16)5-10(17)8-18-13/h5,8,11H,6-7,9,17H2,1-4H3,(H,18,19). The van der Waals surface area contributed by atoms with Crippen molar-refractivity contribution < 1.29 is 0 Å². The lowest BCUT2D eigenvalue weighted by atomic mass is 9.63. The number of hydrogen-bond acceptors (Lipinski definition) is 3. The van der Waals surface area contributed by atoms with Gasteiger partial charge in [0, 0.05) is 6.04 Å². The van der Waals surface area contributed by atoms with E-state index < -0.39 is 0 Å². The van der Waals surface area contributed by atoms with Crippen molar-refractivity contribution in [3.8, 4) is 0 Å². The first-order chi connectivity index (χ1) is 8.67. The Morgan fingerprint density at radius 2 is 1.84 bits per heavy atom. The Labute approximate surface area is 120 Å². The third-order valence-electron chi connectivity index (χ3n) is 3.76. The minimum atomic E-state index is 0.347. The maximum atomic E-state index is 6.19. The van der Waals surface area contributed by atoms with Gasteiger partial charge in [0.1, 0.15) is 5.82 Å². The molecule has 19 heavy (non-hydrogen) atoms. The first-order valence-electron chi connectivity index (χ1n) is 6.84. The predicted octanol–water partition coefficient (Wildman–Crippen LogP) is 4.33. The van der Waals surface area contributed by atoms with Crippen molar-refractivity contribution in [2.75, 3.05) is 11.1 Å². The molecule has 2 rings (SSSR count). The molecule has 3 N–H and O–H groups in total. The number of aromatic nitrogens is 1. The number of pyridine rings is 1. The molecule has 0 aliphatic heterocycles. The van der Waals surface area contributed by atoms with Crippen molar-refractivity contribution in [1.82, 2.24) is 4.98 Å². The maximum Gasteiger partial charge on any atom is 0.145 e. The first-order valence-corrected chi connectivity index (χ1v) is 7.22. The Balaban J connectivity index is 2.14. The molecule has 1 aromatic rings. The van der Waals surface area contributed by atoms with Gasteiger partial charge < -0.3 is 11.1 Å². The third kappa shape index (κ3) is 3.75. The Kier molecular flexibility index (Phi) is 3.69. The van der Waals surface area contributed by atoms with Gasteiger partial charge in [0.2, 0.25) is 0 Å². The molecular weight excluding hydrogens is 258 g/mol. The Hall–Kier alpha value is -0.960. The zero-order chi connectivity index (χ0) is 14.3. The number of nitrogen functional groups attached to an aromatic ring is 1. The molecule has 0 unspecified atom stereocenters. The monoisotopic (exact) mass is 281 g/mol. The normalized spacial score (nSPS) is 22.2. The third-order valence-corrected chi connectivity index (χ3v) is 4.05. The van der Waals surface area contributed by atoms with Crippen LogP contribution < -0.4 is 11.1 Å². The van der Waals surface area contributed by atoms with E-state index in [2.05, 4.69) is 38.0 Å². The molecule has 0 radical (unpaired) electrons. The van der Waals surface area contributed by atoms with Crippen molar-refractivity contribution in [2.45, 2.75) is 53.0 Å². The Morgan fingerprint density at radius 3 is 2.37 bits per heavy atom. The van der Waals surface area contributed by atoms with Crippen LogP contribution in [0.2, 0.25) is 5.02 Å². The van der Waals surface area contributed by atoms with Gasteiger partial charge in [0.05, 0.1) is 16.9 Å². The van der Waals surface area contributed by atoms with E-state index in [4.69, 9.17) is 17.3 Å². The van der Waals surface area contributed by atoms with E-state index in [9.17, 15) is 0 Å². The lowest BCUT2D eigenvalue weighted by Crippen LogP contribution is -2.40. The summed E-state index contributed by atoms with van der Waals surface area (Å²) < 4.78 is 0. The van der Waals surface area contributed by atoms with Gasteiger partial charge in [0.25, 0.3) is 0 Å². The van der Waals surface area contributed by atoms with E-state index in [1.807, 2.05) is 0 Å². The van der Waals surface area contributed by atoms with E-state index in [-0.39, 0.29) is 0 Å². The molecule has 0 spiro atoms. The molecule has 1 heterocycles. The average molecular weight is 282 g/mol. The lowest BCUT2D eigenvalue weighted by molar-refractivity contribution is 0.105. The molecular formula is C15H24ClN3. The molecule has 3 nitrogen and oxygen atoms in total. The fraction of sp³-hybridized carbons (Fsp3) is 0.667. The molecule has 1 aliphatic carbocycles. The number of nitrogens with two attached hydrogens (primary N) is 1. The summed E-state index contributed by atoms with van der Waals surface area (Å²) in [4.78, 5) is 4.30. The minimum Gasteiger partial charge on any atom is -0.397 e.